The summed E-state index contributed by atoms with van der Waals surface area (Å²) in [6, 6.07) is 5.78. The average molecular weight is 499 g/mol. The van der Waals surface area contributed by atoms with Crippen LogP contribution in [0.3, 0.4) is 0 Å². The highest BCUT2D eigenvalue weighted by Gasteiger charge is 2.41. The predicted octanol–water partition coefficient (Wildman–Crippen LogP) is 1.08. The Balaban J connectivity index is 0.000000405. The van der Waals surface area contributed by atoms with Gasteiger partial charge in [-0.25, -0.2) is 4.79 Å². The van der Waals surface area contributed by atoms with Gasteiger partial charge in [0.1, 0.15) is 6.42 Å². The summed E-state index contributed by atoms with van der Waals surface area (Å²) in [5.41, 5.74) is -1.63. The van der Waals surface area contributed by atoms with E-state index in [0.717, 1.165) is 25.2 Å². The molecule has 12 nitrogen and oxygen atoms in total. The fourth-order valence-corrected chi connectivity index (χ4v) is 3.30. The normalized spacial score (nSPS) is 16.3. The zero-order valence-corrected chi connectivity index (χ0v) is 20.4. The van der Waals surface area contributed by atoms with Gasteiger partial charge in [-0.3, -0.25) is 14.4 Å². The van der Waals surface area contributed by atoms with E-state index in [1.807, 2.05) is 25.1 Å². The molecule has 196 valence electrons. The SMILES string of the molecule is CCN(CC)CCNC(=O)CC1(C)Oc2ccc(C)cc2O1.O=C(O)CC(O)(CC(=O)O)C(=O)O. The van der Waals surface area contributed by atoms with E-state index in [4.69, 9.17) is 29.9 Å². The van der Waals surface area contributed by atoms with E-state index in [9.17, 15) is 19.2 Å². The maximum Gasteiger partial charge on any atom is 0.336 e. The summed E-state index contributed by atoms with van der Waals surface area (Å²) >= 11 is 0. The van der Waals surface area contributed by atoms with Gasteiger partial charge in [0.15, 0.2) is 17.1 Å². The van der Waals surface area contributed by atoms with Crippen molar-refractivity contribution in [2.45, 2.75) is 58.3 Å². The Bertz CT molecular complexity index is 900. The molecule has 1 aliphatic heterocycles. The molecule has 2 rings (SSSR count). The molecule has 1 aromatic carbocycles. The zero-order chi connectivity index (χ0) is 26.8. The second-order valence-electron chi connectivity index (χ2n) is 8.32. The van der Waals surface area contributed by atoms with Gasteiger partial charge in [0.25, 0.3) is 5.79 Å². The Labute approximate surface area is 203 Å². The predicted molar refractivity (Wildman–Crippen MR) is 123 cm³/mol. The van der Waals surface area contributed by atoms with Crippen molar-refractivity contribution in [3.63, 3.8) is 0 Å². The summed E-state index contributed by atoms with van der Waals surface area (Å²) in [7, 11) is 0. The van der Waals surface area contributed by atoms with Gasteiger partial charge in [-0.05, 0) is 37.7 Å². The molecule has 0 fully saturated rings. The quantitative estimate of drug-likeness (QED) is 0.278. The first-order valence-electron chi connectivity index (χ1n) is 11.1. The lowest BCUT2D eigenvalue weighted by Crippen LogP contribution is -2.42. The molecule has 1 atom stereocenters. The number of hydrogen-bond donors (Lipinski definition) is 5. The molecular formula is C23H34N2O10. The molecule has 1 heterocycles. The molecule has 35 heavy (non-hydrogen) atoms. The van der Waals surface area contributed by atoms with Gasteiger partial charge in [0, 0.05) is 20.0 Å². The van der Waals surface area contributed by atoms with Crippen molar-refractivity contribution >= 4 is 23.8 Å². The lowest BCUT2D eigenvalue weighted by Gasteiger charge is -2.23. The van der Waals surface area contributed by atoms with Crippen LogP contribution in [0.5, 0.6) is 11.5 Å². The second kappa shape index (κ2) is 12.9. The maximum absolute atomic E-state index is 12.1. The highest BCUT2D eigenvalue weighted by atomic mass is 16.7. The topological polar surface area (TPSA) is 183 Å². The van der Waals surface area contributed by atoms with Gasteiger partial charge >= 0.3 is 17.9 Å². The molecule has 0 aliphatic carbocycles. The number of likely N-dealkylation sites (N-methyl/N-ethyl adjacent to an activating group) is 1. The van der Waals surface area contributed by atoms with E-state index >= 15 is 0 Å². The minimum absolute atomic E-state index is 0.0563. The van der Waals surface area contributed by atoms with Crippen LogP contribution in [0.1, 0.15) is 45.6 Å². The number of carbonyl (C=O) groups is 4. The molecule has 1 aromatic rings. The number of aryl methyl sites for hydroxylation is 1. The Morgan fingerprint density at radius 2 is 1.54 bits per heavy atom. The molecule has 0 spiro atoms. The summed E-state index contributed by atoms with van der Waals surface area (Å²) in [6.45, 7) is 11.5. The fourth-order valence-electron chi connectivity index (χ4n) is 3.30. The van der Waals surface area contributed by atoms with Crippen LogP contribution in [0, 0.1) is 6.92 Å². The van der Waals surface area contributed by atoms with Crippen LogP contribution in [0.25, 0.3) is 0 Å². The first-order chi connectivity index (χ1) is 16.2. The number of ether oxygens (including phenoxy) is 2. The Morgan fingerprint density at radius 1 is 1.00 bits per heavy atom. The third-order valence-corrected chi connectivity index (χ3v) is 5.16. The van der Waals surface area contributed by atoms with Gasteiger partial charge < -0.3 is 40.1 Å². The number of hydrogen-bond acceptors (Lipinski definition) is 8. The molecule has 1 unspecified atom stereocenters. The molecular weight excluding hydrogens is 464 g/mol. The van der Waals surface area contributed by atoms with Crippen LogP contribution in [-0.2, 0) is 19.2 Å². The van der Waals surface area contributed by atoms with Crippen molar-refractivity contribution in [3.05, 3.63) is 23.8 Å². The van der Waals surface area contributed by atoms with Crippen LogP contribution in [0.4, 0.5) is 0 Å². The Hall–Kier alpha value is -3.38. The van der Waals surface area contributed by atoms with E-state index < -0.39 is 42.1 Å². The van der Waals surface area contributed by atoms with Gasteiger partial charge in [-0.2, -0.15) is 0 Å². The van der Waals surface area contributed by atoms with Gasteiger partial charge in [0.05, 0.1) is 12.8 Å². The molecule has 12 heteroatoms. The number of fused-ring (bicyclic) bond motifs is 1. The summed E-state index contributed by atoms with van der Waals surface area (Å²) in [5, 5.41) is 36.7. The van der Waals surface area contributed by atoms with Crippen molar-refractivity contribution in [1.82, 2.24) is 10.2 Å². The molecule has 0 saturated heterocycles. The minimum Gasteiger partial charge on any atom is -0.481 e. The number of aliphatic hydroxyl groups is 1. The fraction of sp³-hybridized carbons (Fsp3) is 0.565. The molecule has 0 bridgehead atoms. The van der Waals surface area contributed by atoms with Crippen molar-refractivity contribution in [3.8, 4) is 11.5 Å². The number of carboxylic acid groups (broad SMARTS) is 3. The number of benzene rings is 1. The van der Waals surface area contributed by atoms with Crippen LogP contribution in [-0.4, -0.2) is 86.7 Å². The van der Waals surface area contributed by atoms with E-state index in [2.05, 4.69) is 24.1 Å². The number of aliphatic carboxylic acids is 3. The van der Waals surface area contributed by atoms with Crippen molar-refractivity contribution in [2.24, 2.45) is 0 Å². The van der Waals surface area contributed by atoms with Crippen LogP contribution < -0.4 is 14.8 Å². The third-order valence-electron chi connectivity index (χ3n) is 5.16. The first kappa shape index (κ1) is 29.7. The van der Waals surface area contributed by atoms with E-state index in [1.165, 1.54) is 0 Å². The van der Waals surface area contributed by atoms with Crippen molar-refractivity contribution < 1.29 is 49.1 Å². The third kappa shape index (κ3) is 9.79. The lowest BCUT2D eigenvalue weighted by molar-refractivity contribution is -0.170. The smallest absolute Gasteiger partial charge is 0.336 e. The van der Waals surface area contributed by atoms with Crippen LogP contribution in [0.2, 0.25) is 0 Å². The van der Waals surface area contributed by atoms with Gasteiger partial charge in [0.2, 0.25) is 5.91 Å². The summed E-state index contributed by atoms with van der Waals surface area (Å²) in [5.74, 6) is -4.59. The molecule has 1 aliphatic rings. The van der Waals surface area contributed by atoms with Crippen LogP contribution >= 0.6 is 0 Å². The number of carbonyl (C=O) groups excluding carboxylic acids is 1. The van der Waals surface area contributed by atoms with E-state index in [0.29, 0.717) is 18.0 Å². The Morgan fingerprint density at radius 3 is 2.03 bits per heavy atom. The first-order valence-corrected chi connectivity index (χ1v) is 11.1. The highest BCUT2D eigenvalue weighted by Crippen LogP contribution is 2.40. The number of amides is 1. The number of rotatable bonds is 12. The number of nitrogens with zero attached hydrogens (tertiary/aromatic N) is 1. The van der Waals surface area contributed by atoms with Gasteiger partial charge in [-0.15, -0.1) is 0 Å². The van der Waals surface area contributed by atoms with Crippen LogP contribution in [0.15, 0.2) is 18.2 Å². The molecule has 0 saturated carbocycles. The lowest BCUT2D eigenvalue weighted by atomic mass is 9.96. The highest BCUT2D eigenvalue weighted by molar-refractivity contribution is 5.88. The van der Waals surface area contributed by atoms with E-state index in [-0.39, 0.29) is 12.3 Å². The largest absolute Gasteiger partial charge is 0.481 e. The monoisotopic (exact) mass is 498 g/mol. The minimum atomic E-state index is -2.74. The Kier molecular flexibility index (Phi) is 10.9. The van der Waals surface area contributed by atoms with Crippen molar-refractivity contribution in [2.75, 3.05) is 26.2 Å². The second-order valence-corrected chi connectivity index (χ2v) is 8.32. The molecule has 0 radical (unpaired) electrons. The number of carboxylic acids is 3. The van der Waals surface area contributed by atoms with Crippen molar-refractivity contribution in [1.29, 1.82) is 0 Å². The number of nitrogens with one attached hydrogen (secondary N) is 1. The average Bonchev–Trinajstić information content (AvgIpc) is 3.05. The maximum atomic E-state index is 12.1. The molecule has 1 amide bonds. The molecule has 0 aromatic heterocycles. The van der Waals surface area contributed by atoms with E-state index in [1.54, 1.807) is 6.92 Å². The van der Waals surface area contributed by atoms with Gasteiger partial charge in [-0.1, -0.05) is 19.9 Å². The zero-order valence-electron chi connectivity index (χ0n) is 20.4. The molecule has 5 N–H and O–H groups in total. The summed E-state index contributed by atoms with van der Waals surface area (Å²) in [4.78, 5) is 44.8. The summed E-state index contributed by atoms with van der Waals surface area (Å²) < 4.78 is 11.6. The summed E-state index contributed by atoms with van der Waals surface area (Å²) in [6.07, 6.45) is -2.11. The standard InChI is InChI=1S/C17H26N2O3.C6H8O7/c1-5-19(6-2)10-9-18-16(20)12-17(4)21-14-8-7-13(3)11-15(14)22-17;7-3(8)1-6(13,5(11)12)2-4(9)10/h7-8,11H,5-6,9-10,12H2,1-4H3,(H,18,20);13H,1-2H2,(H,7,8)(H,9,10)(H,11,12).